The summed E-state index contributed by atoms with van der Waals surface area (Å²) in [5.74, 6) is 1.87. The van der Waals surface area contributed by atoms with Gasteiger partial charge < -0.3 is 4.42 Å². The van der Waals surface area contributed by atoms with Crippen LogP contribution in [0.25, 0.3) is 122 Å². The van der Waals surface area contributed by atoms with Gasteiger partial charge in [-0.15, -0.1) is 0 Å². The van der Waals surface area contributed by atoms with Crippen LogP contribution in [0.3, 0.4) is 0 Å². The fourth-order valence-electron chi connectivity index (χ4n) is 9.24. The Hall–Kier alpha value is -8.47. The highest BCUT2D eigenvalue weighted by atomic mass is 16.3. The van der Waals surface area contributed by atoms with Gasteiger partial charge in [-0.1, -0.05) is 212 Å². The molecule has 10 aromatic carbocycles. The van der Waals surface area contributed by atoms with Crippen molar-refractivity contribution in [3.8, 4) is 78.7 Å². The molecule has 0 amide bonds. The van der Waals surface area contributed by atoms with Crippen LogP contribution in [0.2, 0.25) is 0 Å². The third kappa shape index (κ3) is 6.36. The van der Waals surface area contributed by atoms with Crippen molar-refractivity contribution in [2.45, 2.75) is 0 Å². The second kappa shape index (κ2) is 15.2. The lowest BCUT2D eigenvalue weighted by Gasteiger charge is -2.13. The maximum absolute atomic E-state index is 6.89. The Labute approximate surface area is 364 Å². The standard InChI is InChI=1S/C59H37N3O/c1-4-17-38(18-5-1)41-23-12-24-42(37-41)58-60-57(40-21-8-3-9-22-40)61-59(62-58)52-32-14-27-46-47(28-13-29-48(46)52)50-30-16-34-54-55(50)53-33-15-31-51(56(53)63-54)49-36-35-43(39-19-6-2-7-20-39)44-25-10-11-26-45(44)49/h1-37H. The number of hydrogen-bond donors (Lipinski definition) is 0. The minimum absolute atomic E-state index is 0.619. The molecule has 0 aliphatic carbocycles. The fraction of sp³-hybridized carbons (Fsp3) is 0. The third-order valence-electron chi connectivity index (χ3n) is 12.2. The molecule has 0 unspecified atom stereocenters. The van der Waals surface area contributed by atoms with Gasteiger partial charge in [0.2, 0.25) is 0 Å². The Morgan fingerprint density at radius 1 is 0.254 bits per heavy atom. The second-order valence-corrected chi connectivity index (χ2v) is 15.9. The molecule has 0 fully saturated rings. The van der Waals surface area contributed by atoms with Gasteiger partial charge in [-0.2, -0.15) is 0 Å². The van der Waals surface area contributed by atoms with E-state index in [2.05, 4.69) is 188 Å². The van der Waals surface area contributed by atoms with Gasteiger partial charge in [0, 0.05) is 33.0 Å². The summed E-state index contributed by atoms with van der Waals surface area (Å²) in [4.78, 5) is 15.4. The van der Waals surface area contributed by atoms with Crippen molar-refractivity contribution in [2.24, 2.45) is 0 Å². The van der Waals surface area contributed by atoms with E-state index < -0.39 is 0 Å². The molecule has 0 atom stereocenters. The van der Waals surface area contributed by atoms with Crippen LogP contribution in [0.4, 0.5) is 0 Å². The van der Waals surface area contributed by atoms with Crippen molar-refractivity contribution in [1.82, 2.24) is 15.0 Å². The summed E-state index contributed by atoms with van der Waals surface area (Å²) in [5.41, 5.74) is 13.6. The molecule has 2 heterocycles. The Balaban J connectivity index is 1.02. The van der Waals surface area contributed by atoms with Crippen LogP contribution in [0, 0.1) is 0 Å². The number of hydrogen-bond acceptors (Lipinski definition) is 4. The lowest BCUT2D eigenvalue weighted by Crippen LogP contribution is -2.00. The summed E-state index contributed by atoms with van der Waals surface area (Å²) in [5, 5.41) is 6.72. The molecule has 4 heteroatoms. The summed E-state index contributed by atoms with van der Waals surface area (Å²) in [6.45, 7) is 0. The van der Waals surface area contributed by atoms with Crippen molar-refractivity contribution < 1.29 is 4.42 Å². The molecule has 0 saturated carbocycles. The van der Waals surface area contributed by atoms with Crippen LogP contribution in [0.15, 0.2) is 229 Å². The van der Waals surface area contributed by atoms with Crippen LogP contribution in [-0.2, 0) is 0 Å². The largest absolute Gasteiger partial charge is 0.455 e. The molecule has 12 rings (SSSR count). The molecule has 294 valence electrons. The first-order valence-corrected chi connectivity index (χ1v) is 21.3. The van der Waals surface area contributed by atoms with E-state index >= 15 is 0 Å². The molecule has 0 bridgehead atoms. The molecular weight excluding hydrogens is 767 g/mol. The highest BCUT2D eigenvalue weighted by Crippen LogP contribution is 2.45. The summed E-state index contributed by atoms with van der Waals surface area (Å²) in [7, 11) is 0. The summed E-state index contributed by atoms with van der Waals surface area (Å²) in [6.07, 6.45) is 0. The molecule has 4 nitrogen and oxygen atoms in total. The van der Waals surface area contributed by atoms with Crippen molar-refractivity contribution >= 4 is 43.5 Å². The number of aromatic nitrogens is 3. The maximum Gasteiger partial charge on any atom is 0.164 e. The zero-order chi connectivity index (χ0) is 41.7. The average Bonchev–Trinajstić information content (AvgIpc) is 3.76. The van der Waals surface area contributed by atoms with Crippen molar-refractivity contribution in [1.29, 1.82) is 0 Å². The maximum atomic E-state index is 6.89. The molecule has 0 saturated heterocycles. The minimum Gasteiger partial charge on any atom is -0.455 e. The zero-order valence-corrected chi connectivity index (χ0v) is 34.1. The van der Waals surface area contributed by atoms with Crippen LogP contribution in [0.5, 0.6) is 0 Å². The first-order chi connectivity index (χ1) is 31.2. The SMILES string of the molecule is c1ccc(-c2cccc(-c3nc(-c4ccccc4)nc(-c4cccc5c(-c6cccc7oc8c(-c9ccc(-c%10ccccc%10)c%10ccccc9%10)cccc8c67)cccc45)n3)c2)cc1. The number of rotatable bonds is 7. The Morgan fingerprint density at radius 2 is 0.698 bits per heavy atom. The van der Waals surface area contributed by atoms with E-state index in [4.69, 9.17) is 19.4 Å². The second-order valence-electron chi connectivity index (χ2n) is 15.9. The molecule has 0 spiro atoms. The van der Waals surface area contributed by atoms with Crippen molar-refractivity contribution in [3.05, 3.63) is 224 Å². The first-order valence-electron chi connectivity index (χ1n) is 21.3. The molecule has 0 aliphatic rings. The van der Waals surface area contributed by atoms with E-state index in [0.29, 0.717) is 17.5 Å². The Bertz CT molecular complexity index is 3670. The van der Waals surface area contributed by atoms with E-state index in [9.17, 15) is 0 Å². The van der Waals surface area contributed by atoms with Crippen LogP contribution in [0.1, 0.15) is 0 Å². The number of fused-ring (bicyclic) bond motifs is 5. The predicted molar refractivity (Wildman–Crippen MR) is 260 cm³/mol. The zero-order valence-electron chi connectivity index (χ0n) is 34.1. The third-order valence-corrected chi connectivity index (χ3v) is 12.2. The van der Waals surface area contributed by atoms with E-state index in [-0.39, 0.29) is 0 Å². The fourth-order valence-corrected chi connectivity index (χ4v) is 9.24. The molecule has 12 aromatic rings. The quantitative estimate of drug-likeness (QED) is 0.161. The highest BCUT2D eigenvalue weighted by molar-refractivity contribution is 6.19. The van der Waals surface area contributed by atoms with Gasteiger partial charge in [0.1, 0.15) is 11.2 Å². The van der Waals surface area contributed by atoms with Gasteiger partial charge in [0.25, 0.3) is 0 Å². The van der Waals surface area contributed by atoms with E-state index in [1.807, 2.05) is 36.4 Å². The lowest BCUT2D eigenvalue weighted by molar-refractivity contribution is 0.670. The van der Waals surface area contributed by atoms with Gasteiger partial charge in [-0.3, -0.25) is 0 Å². The van der Waals surface area contributed by atoms with Gasteiger partial charge in [-0.25, -0.2) is 15.0 Å². The minimum atomic E-state index is 0.619. The monoisotopic (exact) mass is 803 g/mol. The van der Waals surface area contributed by atoms with E-state index in [1.165, 1.54) is 21.9 Å². The van der Waals surface area contributed by atoms with Gasteiger partial charge in [0.15, 0.2) is 17.5 Å². The molecule has 0 aliphatic heterocycles. The van der Waals surface area contributed by atoms with Gasteiger partial charge in [0.05, 0.1) is 0 Å². The lowest BCUT2D eigenvalue weighted by atomic mass is 9.90. The number of furan rings is 1. The molecule has 0 N–H and O–H groups in total. The Morgan fingerprint density at radius 3 is 1.43 bits per heavy atom. The predicted octanol–water partition coefficient (Wildman–Crippen LogP) is 15.7. The number of nitrogens with zero attached hydrogens (tertiary/aromatic N) is 3. The average molecular weight is 804 g/mol. The van der Waals surface area contributed by atoms with Gasteiger partial charge >= 0.3 is 0 Å². The molecule has 2 aromatic heterocycles. The molecule has 0 radical (unpaired) electrons. The van der Waals surface area contributed by atoms with E-state index in [1.54, 1.807) is 0 Å². The summed E-state index contributed by atoms with van der Waals surface area (Å²) >= 11 is 0. The summed E-state index contributed by atoms with van der Waals surface area (Å²) in [6, 6.07) is 78.6. The molecular formula is C59H37N3O. The van der Waals surface area contributed by atoms with Crippen LogP contribution >= 0.6 is 0 Å². The van der Waals surface area contributed by atoms with Crippen molar-refractivity contribution in [2.75, 3.05) is 0 Å². The van der Waals surface area contributed by atoms with Crippen LogP contribution in [-0.4, -0.2) is 15.0 Å². The Kier molecular flexibility index (Phi) is 8.79. The topological polar surface area (TPSA) is 51.8 Å². The smallest absolute Gasteiger partial charge is 0.164 e. The highest BCUT2D eigenvalue weighted by Gasteiger charge is 2.21. The normalized spacial score (nSPS) is 11.5. The molecule has 63 heavy (non-hydrogen) atoms. The van der Waals surface area contributed by atoms with Crippen molar-refractivity contribution in [3.63, 3.8) is 0 Å². The first kappa shape index (κ1) is 36.4. The van der Waals surface area contributed by atoms with Crippen LogP contribution < -0.4 is 0 Å². The number of para-hydroxylation sites is 1. The number of benzene rings is 10. The summed E-state index contributed by atoms with van der Waals surface area (Å²) < 4.78 is 6.89. The van der Waals surface area contributed by atoms with E-state index in [0.717, 1.165) is 82.8 Å². The van der Waals surface area contributed by atoms with Gasteiger partial charge in [-0.05, 0) is 72.6 Å².